The summed E-state index contributed by atoms with van der Waals surface area (Å²) in [5.74, 6) is 0. The zero-order valence-electron chi connectivity index (χ0n) is 21.4. The molecule has 0 bridgehead atoms. The molecule has 1 N–H and O–H groups in total. The highest BCUT2D eigenvalue weighted by Gasteiger charge is 2.31. The van der Waals surface area contributed by atoms with E-state index in [2.05, 4.69) is 25.7 Å². The second kappa shape index (κ2) is 12.2. The molecule has 0 amide bonds. The maximum atomic E-state index is 13.1. The summed E-state index contributed by atoms with van der Waals surface area (Å²) >= 11 is 9.45. The molecule has 12 heteroatoms. The maximum absolute atomic E-state index is 13.1. The van der Waals surface area contributed by atoms with Crippen molar-refractivity contribution in [2.45, 2.75) is 30.5 Å². The quantitative estimate of drug-likeness (QED) is 0.361. The van der Waals surface area contributed by atoms with Crippen molar-refractivity contribution in [3.63, 3.8) is 0 Å². The molecule has 2 aromatic carbocycles. The predicted molar refractivity (Wildman–Crippen MR) is 153 cm³/mol. The van der Waals surface area contributed by atoms with Gasteiger partial charge in [0.2, 0.25) is 10.0 Å². The summed E-state index contributed by atoms with van der Waals surface area (Å²) in [6, 6.07) is 14.4. The van der Waals surface area contributed by atoms with Crippen molar-refractivity contribution in [1.82, 2.24) is 23.9 Å². The first-order valence-corrected chi connectivity index (χ1v) is 15.5. The molecule has 3 aromatic rings. The van der Waals surface area contributed by atoms with Gasteiger partial charge in [-0.1, -0.05) is 35.9 Å². The summed E-state index contributed by atoms with van der Waals surface area (Å²) in [6.07, 6.45) is 0.985. The van der Waals surface area contributed by atoms with Crippen LogP contribution in [0.2, 0.25) is 5.02 Å². The van der Waals surface area contributed by atoms with E-state index in [0.29, 0.717) is 61.9 Å². The van der Waals surface area contributed by atoms with Gasteiger partial charge in [0.05, 0.1) is 29.8 Å². The van der Waals surface area contributed by atoms with Crippen molar-refractivity contribution in [3.05, 3.63) is 69.3 Å². The lowest BCUT2D eigenvalue weighted by Gasteiger charge is -2.35. The van der Waals surface area contributed by atoms with Gasteiger partial charge in [-0.25, -0.2) is 8.42 Å². The number of β-amino-alcohol motifs (C(OH)–C–C–N with tert-alkyl or cyclic N) is 1. The molecule has 0 radical (unpaired) electrons. The fraction of sp³-hybridized carbons (Fsp3) is 0.407. The third-order valence-electron chi connectivity index (χ3n) is 7.30. The van der Waals surface area contributed by atoms with Crippen LogP contribution in [0, 0.1) is 0 Å². The summed E-state index contributed by atoms with van der Waals surface area (Å²) in [6.45, 7) is 4.29. The topological polar surface area (TPSA) is 99.0 Å². The van der Waals surface area contributed by atoms with Gasteiger partial charge in [0.1, 0.15) is 6.29 Å². The Hall–Kier alpha value is -2.12. The van der Waals surface area contributed by atoms with Gasteiger partial charge >= 0.3 is 0 Å². The molecule has 0 spiro atoms. The first-order chi connectivity index (χ1) is 18.8. The van der Waals surface area contributed by atoms with Crippen LogP contribution >= 0.6 is 27.5 Å². The number of aromatic nitrogens is 2. The van der Waals surface area contributed by atoms with Crippen LogP contribution in [0.3, 0.4) is 0 Å². The number of rotatable bonds is 9. The number of aliphatic hydroxyl groups excluding tert-OH is 1. The highest BCUT2D eigenvalue weighted by atomic mass is 79.9. The summed E-state index contributed by atoms with van der Waals surface area (Å²) in [5.41, 5.74) is 3.93. The van der Waals surface area contributed by atoms with E-state index in [9.17, 15) is 18.3 Å². The lowest BCUT2D eigenvalue weighted by Crippen LogP contribution is -2.50. The third-order valence-corrected chi connectivity index (χ3v) is 10.5. The number of halogens is 2. The molecule has 0 saturated carbocycles. The smallest absolute Gasteiger partial charge is 0.244 e. The molecule has 39 heavy (non-hydrogen) atoms. The first-order valence-electron chi connectivity index (χ1n) is 12.9. The highest BCUT2D eigenvalue weighted by molar-refractivity contribution is 9.10. The Balaban J connectivity index is 1.26. The number of carbonyl (C=O) groups excluding carboxylic acids is 1. The first kappa shape index (κ1) is 28.4. The minimum absolute atomic E-state index is 0.269. The molecule has 5 rings (SSSR count). The Morgan fingerprint density at radius 1 is 1.00 bits per heavy atom. The van der Waals surface area contributed by atoms with Crippen LogP contribution in [0.4, 0.5) is 0 Å². The van der Waals surface area contributed by atoms with E-state index in [4.69, 9.17) is 16.7 Å². The second-order valence-electron chi connectivity index (χ2n) is 9.90. The van der Waals surface area contributed by atoms with E-state index in [1.807, 2.05) is 28.9 Å². The van der Waals surface area contributed by atoms with Gasteiger partial charge in [-0.05, 0) is 40.2 Å². The van der Waals surface area contributed by atoms with Gasteiger partial charge in [0, 0.05) is 78.6 Å². The summed E-state index contributed by atoms with van der Waals surface area (Å²) in [5, 5.41) is 16.6. The summed E-state index contributed by atoms with van der Waals surface area (Å²) in [7, 11) is -3.59. The Bertz CT molecular complexity index is 1420. The highest BCUT2D eigenvalue weighted by Crippen LogP contribution is 2.31. The standard InChI is InChI=1S/C27H31BrClN5O4S/c28-24-3-1-2-4-26(24)39(37,38)33-13-11-32(12-14-33)17-22(36)18-34-25-9-10-31(15-16-35)19-23(25)27(30-34)20-5-7-21(29)8-6-20/h1-8,16,22,36H,9-15,17-19H2. The van der Waals surface area contributed by atoms with Crippen LogP contribution in [0.15, 0.2) is 57.9 Å². The molecular weight excluding hydrogens is 606 g/mol. The largest absolute Gasteiger partial charge is 0.390 e. The van der Waals surface area contributed by atoms with Crippen molar-refractivity contribution in [2.24, 2.45) is 0 Å². The third kappa shape index (κ3) is 6.30. The molecule has 1 saturated heterocycles. The Morgan fingerprint density at radius 2 is 1.72 bits per heavy atom. The molecule has 9 nitrogen and oxygen atoms in total. The normalized spacial score (nSPS) is 18.1. The van der Waals surface area contributed by atoms with E-state index in [-0.39, 0.29) is 4.90 Å². The van der Waals surface area contributed by atoms with Gasteiger partial charge in [0.25, 0.3) is 0 Å². The Labute approximate surface area is 242 Å². The Kier molecular flexibility index (Phi) is 8.87. The summed E-state index contributed by atoms with van der Waals surface area (Å²) in [4.78, 5) is 15.6. The number of fused-ring (bicyclic) bond motifs is 1. The average molecular weight is 637 g/mol. The molecule has 2 aliphatic rings. The van der Waals surface area contributed by atoms with Crippen LogP contribution in [0.5, 0.6) is 0 Å². The predicted octanol–water partition coefficient (Wildman–Crippen LogP) is 2.89. The maximum Gasteiger partial charge on any atom is 0.244 e. The van der Waals surface area contributed by atoms with Crippen molar-refractivity contribution in [1.29, 1.82) is 0 Å². The van der Waals surface area contributed by atoms with Gasteiger partial charge in [0.15, 0.2) is 0 Å². The number of hydrogen-bond donors (Lipinski definition) is 1. The van der Waals surface area contributed by atoms with E-state index in [1.54, 1.807) is 24.3 Å². The molecule has 1 aromatic heterocycles. The van der Waals surface area contributed by atoms with Crippen molar-refractivity contribution in [3.8, 4) is 11.3 Å². The van der Waals surface area contributed by atoms with Crippen LogP contribution in [0.25, 0.3) is 11.3 Å². The van der Waals surface area contributed by atoms with Crippen LogP contribution in [-0.2, 0) is 34.3 Å². The van der Waals surface area contributed by atoms with Gasteiger partial charge in [-0.2, -0.15) is 9.40 Å². The van der Waals surface area contributed by atoms with E-state index >= 15 is 0 Å². The number of carbonyl (C=O) groups is 1. The number of hydrogen-bond acceptors (Lipinski definition) is 7. The molecule has 2 aliphatic heterocycles. The second-order valence-corrected chi connectivity index (χ2v) is 13.1. The number of nitrogens with zero attached hydrogens (tertiary/aromatic N) is 5. The molecule has 208 valence electrons. The van der Waals surface area contributed by atoms with E-state index < -0.39 is 16.1 Å². The van der Waals surface area contributed by atoms with Crippen molar-refractivity contribution < 1.29 is 18.3 Å². The van der Waals surface area contributed by atoms with Crippen LogP contribution < -0.4 is 0 Å². The monoisotopic (exact) mass is 635 g/mol. The van der Waals surface area contributed by atoms with E-state index in [0.717, 1.165) is 41.8 Å². The molecule has 3 heterocycles. The van der Waals surface area contributed by atoms with Crippen LogP contribution in [-0.4, -0.2) is 95.6 Å². The Morgan fingerprint density at radius 3 is 2.41 bits per heavy atom. The lowest BCUT2D eigenvalue weighted by atomic mass is 10.0. The van der Waals surface area contributed by atoms with Crippen molar-refractivity contribution >= 4 is 43.8 Å². The van der Waals surface area contributed by atoms with E-state index in [1.165, 1.54) is 4.31 Å². The number of sulfonamides is 1. The number of aliphatic hydroxyl groups is 1. The zero-order valence-corrected chi connectivity index (χ0v) is 24.6. The zero-order chi connectivity index (χ0) is 27.6. The van der Waals surface area contributed by atoms with Crippen molar-refractivity contribution in [2.75, 3.05) is 45.8 Å². The fourth-order valence-corrected chi connectivity index (χ4v) is 7.81. The van der Waals surface area contributed by atoms with Gasteiger partial charge in [-0.3, -0.25) is 14.5 Å². The van der Waals surface area contributed by atoms with Crippen LogP contribution in [0.1, 0.15) is 11.3 Å². The minimum atomic E-state index is -3.59. The molecule has 1 atom stereocenters. The van der Waals surface area contributed by atoms with Gasteiger partial charge in [-0.15, -0.1) is 0 Å². The molecule has 0 aliphatic carbocycles. The lowest BCUT2D eigenvalue weighted by molar-refractivity contribution is -0.109. The molecule has 1 unspecified atom stereocenters. The SMILES string of the molecule is O=CCN1CCc2c(c(-c3ccc(Cl)cc3)nn2CC(O)CN2CCN(S(=O)(=O)c3ccccc3Br)CC2)C1. The number of benzene rings is 2. The number of piperazine rings is 1. The van der Waals surface area contributed by atoms with Gasteiger partial charge < -0.3 is 9.90 Å². The minimum Gasteiger partial charge on any atom is -0.390 e. The summed E-state index contributed by atoms with van der Waals surface area (Å²) < 4.78 is 30.2. The fourth-order valence-electron chi connectivity index (χ4n) is 5.30. The molecule has 1 fully saturated rings. The number of aldehydes is 1. The molecular formula is C27H31BrClN5O4S. The average Bonchev–Trinajstić information content (AvgIpc) is 3.27.